The third-order valence-corrected chi connectivity index (χ3v) is 5.53. The predicted octanol–water partition coefficient (Wildman–Crippen LogP) is 5.38. The molecule has 5 nitrogen and oxygen atoms in total. The molecule has 0 radical (unpaired) electrons. The Morgan fingerprint density at radius 2 is 1.19 bits per heavy atom. The van der Waals surface area contributed by atoms with Crippen molar-refractivity contribution in [2.75, 3.05) is 0 Å². The number of alkyl halides is 2. The van der Waals surface area contributed by atoms with Crippen LogP contribution in [0.5, 0.6) is 0 Å². The molecule has 0 saturated heterocycles. The monoisotopic (exact) mass is 427 g/mol. The van der Waals surface area contributed by atoms with Gasteiger partial charge in [-0.2, -0.15) is 18.6 Å². The fraction of sp³-hybridized carbons (Fsp3) is 0.0800. The normalized spacial score (nSPS) is 11.7. The zero-order valence-electron chi connectivity index (χ0n) is 17.0. The summed E-state index contributed by atoms with van der Waals surface area (Å²) < 4.78 is 29.3. The molecule has 2 aromatic heterocycles. The quantitative estimate of drug-likeness (QED) is 0.342. The lowest BCUT2D eigenvalue weighted by Crippen LogP contribution is -2.36. The van der Waals surface area contributed by atoms with E-state index in [0.29, 0.717) is 10.4 Å². The van der Waals surface area contributed by atoms with Crippen molar-refractivity contribution < 1.29 is 8.78 Å². The maximum Gasteiger partial charge on any atom is 0.335 e. The summed E-state index contributed by atoms with van der Waals surface area (Å²) >= 11 is 0. The van der Waals surface area contributed by atoms with Crippen LogP contribution < -0.4 is 0 Å². The Hall–Kier alpha value is -4.13. The van der Waals surface area contributed by atoms with E-state index in [1.54, 1.807) is 12.5 Å². The molecule has 0 aliphatic rings. The number of nitrogens with zero attached hydrogens (tertiary/aromatic N) is 5. The summed E-state index contributed by atoms with van der Waals surface area (Å²) in [6.45, 7) is -2.81. The molecule has 7 heteroatoms. The molecule has 0 unspecified atom stereocenters. The van der Waals surface area contributed by atoms with E-state index in [4.69, 9.17) is 0 Å². The second kappa shape index (κ2) is 8.19. The molecule has 5 aromatic rings. The van der Waals surface area contributed by atoms with Crippen LogP contribution >= 0.6 is 0 Å². The second-order valence-electron chi connectivity index (χ2n) is 7.28. The number of benzene rings is 3. The van der Waals surface area contributed by atoms with Gasteiger partial charge >= 0.3 is 6.55 Å². The van der Waals surface area contributed by atoms with E-state index in [0.717, 1.165) is 23.0 Å². The summed E-state index contributed by atoms with van der Waals surface area (Å²) in [7, 11) is 0. The third-order valence-electron chi connectivity index (χ3n) is 5.53. The first-order valence-corrected chi connectivity index (χ1v) is 10.1. The van der Waals surface area contributed by atoms with E-state index in [-0.39, 0.29) is 5.82 Å². The molecule has 158 valence electrons. The molecule has 32 heavy (non-hydrogen) atoms. The molecule has 0 amide bonds. The van der Waals surface area contributed by atoms with Crippen LogP contribution in [0, 0.1) is 0 Å². The van der Waals surface area contributed by atoms with Crippen LogP contribution in [0.4, 0.5) is 8.78 Å². The van der Waals surface area contributed by atoms with Crippen LogP contribution in [0.2, 0.25) is 0 Å². The van der Waals surface area contributed by atoms with Gasteiger partial charge in [0.25, 0.3) is 0 Å². The van der Waals surface area contributed by atoms with Gasteiger partial charge in [-0.1, -0.05) is 91.0 Å². The van der Waals surface area contributed by atoms with Crippen molar-refractivity contribution in [2.24, 2.45) is 0 Å². The van der Waals surface area contributed by atoms with E-state index < -0.39 is 12.1 Å². The Labute approximate surface area is 183 Å². The number of aromatic nitrogens is 5. The van der Waals surface area contributed by atoms with E-state index in [9.17, 15) is 8.78 Å². The van der Waals surface area contributed by atoms with Crippen molar-refractivity contribution in [1.29, 1.82) is 0 Å². The van der Waals surface area contributed by atoms with Gasteiger partial charge < -0.3 is 4.57 Å². The van der Waals surface area contributed by atoms with Crippen LogP contribution in [0.1, 0.15) is 23.2 Å². The molecule has 0 aliphatic carbocycles. The number of imidazole rings is 1. The molecule has 0 saturated carbocycles. The van der Waals surface area contributed by atoms with E-state index >= 15 is 0 Å². The van der Waals surface area contributed by atoms with Gasteiger partial charge in [0, 0.05) is 6.20 Å². The highest BCUT2D eigenvalue weighted by Crippen LogP contribution is 2.41. The Balaban J connectivity index is 1.80. The van der Waals surface area contributed by atoms with Gasteiger partial charge in [-0.3, -0.25) is 0 Å². The lowest BCUT2D eigenvalue weighted by Gasteiger charge is -2.37. The van der Waals surface area contributed by atoms with Crippen molar-refractivity contribution in [3.05, 3.63) is 127 Å². The first-order chi connectivity index (χ1) is 15.7. The summed E-state index contributed by atoms with van der Waals surface area (Å²) in [5.41, 5.74) is 2.57. The van der Waals surface area contributed by atoms with Crippen molar-refractivity contribution in [1.82, 2.24) is 24.3 Å². The Morgan fingerprint density at radius 3 is 1.66 bits per heavy atom. The van der Waals surface area contributed by atoms with Gasteiger partial charge in [-0.05, 0) is 16.7 Å². The molecule has 0 bridgehead atoms. The smallest absolute Gasteiger partial charge is 0.318 e. The number of hydrogen-bond acceptors (Lipinski definition) is 3. The Morgan fingerprint density at radius 1 is 0.688 bits per heavy atom. The van der Waals surface area contributed by atoms with Crippen LogP contribution in [-0.2, 0) is 5.54 Å². The van der Waals surface area contributed by atoms with Gasteiger partial charge in [0.1, 0.15) is 17.6 Å². The summed E-state index contributed by atoms with van der Waals surface area (Å²) in [6.07, 6.45) is 4.52. The molecule has 0 aliphatic heterocycles. The SMILES string of the molecule is FC(F)n1ncnc1-c1cn(C(c2ccccc2)(c2ccccc2)c2ccccc2)cn1. The van der Waals surface area contributed by atoms with Gasteiger partial charge in [0.05, 0.1) is 6.33 Å². The molecule has 5 rings (SSSR count). The van der Waals surface area contributed by atoms with Crippen LogP contribution in [0.3, 0.4) is 0 Å². The molecule has 0 atom stereocenters. The zero-order chi connectivity index (χ0) is 22.0. The molecule has 3 aromatic carbocycles. The second-order valence-corrected chi connectivity index (χ2v) is 7.28. The van der Waals surface area contributed by atoms with Gasteiger partial charge in [-0.15, -0.1) is 0 Å². The minimum Gasteiger partial charge on any atom is -0.318 e. The van der Waals surface area contributed by atoms with Crippen LogP contribution in [-0.4, -0.2) is 24.3 Å². The van der Waals surface area contributed by atoms with Crippen molar-refractivity contribution >= 4 is 0 Å². The molecular formula is C25H19F2N5. The highest BCUT2D eigenvalue weighted by Gasteiger charge is 2.38. The van der Waals surface area contributed by atoms with Crippen molar-refractivity contribution in [3.8, 4) is 11.5 Å². The van der Waals surface area contributed by atoms with Crippen molar-refractivity contribution in [3.63, 3.8) is 0 Å². The highest BCUT2D eigenvalue weighted by molar-refractivity contribution is 5.54. The number of hydrogen-bond donors (Lipinski definition) is 0. The summed E-state index contributed by atoms with van der Waals surface area (Å²) in [5, 5.41) is 3.64. The highest BCUT2D eigenvalue weighted by atomic mass is 19.3. The fourth-order valence-corrected chi connectivity index (χ4v) is 4.18. The third kappa shape index (κ3) is 3.19. The first kappa shape index (κ1) is 19.8. The largest absolute Gasteiger partial charge is 0.335 e. The average molecular weight is 427 g/mol. The van der Waals surface area contributed by atoms with Crippen molar-refractivity contribution in [2.45, 2.75) is 12.1 Å². The Kier molecular flexibility index (Phi) is 5.07. The van der Waals surface area contributed by atoms with Gasteiger partial charge in [0.15, 0.2) is 5.82 Å². The Bertz CT molecular complexity index is 1200. The number of rotatable bonds is 6. The lowest BCUT2D eigenvalue weighted by atomic mass is 9.77. The maximum atomic E-state index is 13.4. The summed E-state index contributed by atoms with van der Waals surface area (Å²) in [4.78, 5) is 8.47. The number of halogens is 2. The molecule has 0 fully saturated rings. The molecule has 0 spiro atoms. The zero-order valence-corrected chi connectivity index (χ0v) is 17.0. The van der Waals surface area contributed by atoms with Crippen LogP contribution in [0.15, 0.2) is 110 Å². The standard InChI is InChI=1S/C25H19F2N5/c26-24(27)32-23(28-17-30-32)22-16-31(18-29-22)25(19-10-4-1-5-11-19,20-12-6-2-7-13-20)21-14-8-3-9-15-21/h1-18,24H. The first-order valence-electron chi connectivity index (χ1n) is 10.1. The minimum absolute atomic E-state index is 0.0156. The van der Waals surface area contributed by atoms with Gasteiger partial charge in [-0.25, -0.2) is 9.97 Å². The molecular weight excluding hydrogens is 408 g/mol. The molecule has 0 N–H and O–H groups in total. The summed E-state index contributed by atoms with van der Waals surface area (Å²) in [5.74, 6) is 0.0156. The van der Waals surface area contributed by atoms with E-state index in [1.807, 2.05) is 59.2 Å². The minimum atomic E-state index is -2.81. The molecule has 2 heterocycles. The fourth-order valence-electron chi connectivity index (χ4n) is 4.18. The maximum absolute atomic E-state index is 13.4. The average Bonchev–Trinajstić information content (AvgIpc) is 3.52. The lowest BCUT2D eigenvalue weighted by molar-refractivity contribution is 0.0582. The topological polar surface area (TPSA) is 48.5 Å². The summed E-state index contributed by atoms with van der Waals surface area (Å²) in [6, 6.07) is 30.2. The van der Waals surface area contributed by atoms with Crippen LogP contribution in [0.25, 0.3) is 11.5 Å². The van der Waals surface area contributed by atoms with E-state index in [2.05, 4.69) is 51.5 Å². The van der Waals surface area contributed by atoms with Gasteiger partial charge in [0.2, 0.25) is 0 Å². The van der Waals surface area contributed by atoms with E-state index in [1.165, 1.54) is 0 Å². The predicted molar refractivity (Wildman–Crippen MR) is 117 cm³/mol.